The van der Waals surface area contributed by atoms with E-state index in [9.17, 15) is 19.5 Å². The Bertz CT molecular complexity index is 1360. The Morgan fingerprint density at radius 2 is 1.92 bits per heavy atom. The average Bonchev–Trinajstić information content (AvgIpc) is 3.21. The van der Waals surface area contributed by atoms with Gasteiger partial charge in [-0.15, -0.1) is 0 Å². The van der Waals surface area contributed by atoms with E-state index in [-0.39, 0.29) is 23.0 Å². The van der Waals surface area contributed by atoms with Crippen LogP contribution in [0.25, 0.3) is 22.3 Å². The summed E-state index contributed by atoms with van der Waals surface area (Å²) in [5.74, 6) is -0.700. The number of pyridine rings is 1. The molecular formula is C28H35N3O6. The van der Waals surface area contributed by atoms with Crippen molar-refractivity contribution in [2.75, 3.05) is 13.2 Å². The molecule has 0 saturated heterocycles. The van der Waals surface area contributed by atoms with E-state index in [0.29, 0.717) is 37.6 Å². The highest BCUT2D eigenvalue weighted by atomic mass is 16.5. The number of hydrogen-bond donors (Lipinski definition) is 1. The van der Waals surface area contributed by atoms with E-state index >= 15 is 0 Å². The number of rotatable bonds is 10. The molecule has 3 aromatic rings. The molecule has 0 aliphatic carbocycles. The molecule has 0 amide bonds. The molecule has 3 heterocycles. The zero-order valence-corrected chi connectivity index (χ0v) is 22.0. The smallest absolute Gasteiger partial charge is 0.341 e. The lowest BCUT2D eigenvalue weighted by Gasteiger charge is -2.38. The van der Waals surface area contributed by atoms with Crippen LogP contribution in [-0.4, -0.2) is 44.6 Å². The van der Waals surface area contributed by atoms with Crippen molar-refractivity contribution < 1.29 is 24.2 Å². The van der Waals surface area contributed by atoms with Crippen molar-refractivity contribution in [3.63, 3.8) is 0 Å². The van der Waals surface area contributed by atoms with Crippen molar-refractivity contribution in [2.24, 2.45) is 5.41 Å². The minimum absolute atomic E-state index is 0.0954. The fraction of sp³-hybridized carbons (Fsp3) is 0.500. The van der Waals surface area contributed by atoms with Crippen LogP contribution in [0.1, 0.15) is 76.2 Å². The maximum absolute atomic E-state index is 12.7. The Kier molecular flexibility index (Phi) is 7.71. The van der Waals surface area contributed by atoms with E-state index in [2.05, 4.69) is 20.8 Å². The summed E-state index contributed by atoms with van der Waals surface area (Å²) >= 11 is 0. The van der Waals surface area contributed by atoms with Crippen LogP contribution in [0.3, 0.4) is 0 Å². The predicted octanol–water partition coefficient (Wildman–Crippen LogP) is 5.06. The molecule has 0 bridgehead atoms. The van der Waals surface area contributed by atoms with E-state index in [1.165, 1.54) is 12.3 Å². The van der Waals surface area contributed by atoms with Gasteiger partial charge in [0.1, 0.15) is 16.8 Å². The number of unbranched alkanes of at least 4 members (excludes halogenated alkanes) is 3. The molecule has 1 aliphatic heterocycles. The zero-order valence-electron chi connectivity index (χ0n) is 22.0. The molecule has 2 aromatic heterocycles. The molecule has 9 nitrogen and oxygen atoms in total. The predicted molar refractivity (Wildman–Crippen MR) is 140 cm³/mol. The largest absolute Gasteiger partial charge is 0.491 e. The molecule has 198 valence electrons. The summed E-state index contributed by atoms with van der Waals surface area (Å²) in [6.45, 7) is 9.58. The number of aromatic nitrogens is 3. The van der Waals surface area contributed by atoms with Crippen molar-refractivity contribution in [1.82, 2.24) is 14.3 Å². The summed E-state index contributed by atoms with van der Waals surface area (Å²) < 4.78 is 14.9. The van der Waals surface area contributed by atoms with Gasteiger partial charge in [-0.2, -0.15) is 5.10 Å². The highest BCUT2D eigenvalue weighted by molar-refractivity contribution is 5.96. The average molecular weight is 510 g/mol. The second-order valence-electron chi connectivity index (χ2n) is 10.5. The number of ether oxygens (including phenoxy) is 2. The van der Waals surface area contributed by atoms with E-state index in [0.717, 1.165) is 42.3 Å². The number of aromatic carboxylic acids is 1. The molecule has 1 N–H and O–H groups in total. The third-order valence-electron chi connectivity index (χ3n) is 6.81. The van der Waals surface area contributed by atoms with Crippen molar-refractivity contribution in [1.29, 1.82) is 0 Å². The fourth-order valence-corrected chi connectivity index (χ4v) is 4.89. The summed E-state index contributed by atoms with van der Waals surface area (Å²) in [5.41, 5.74) is 1.19. The first kappa shape index (κ1) is 26.4. The quantitative estimate of drug-likeness (QED) is 0.300. The monoisotopic (exact) mass is 509 g/mol. The van der Waals surface area contributed by atoms with Crippen LogP contribution in [0.4, 0.5) is 0 Å². The molecule has 1 atom stereocenters. The van der Waals surface area contributed by atoms with Crippen LogP contribution in [0.5, 0.6) is 5.75 Å². The fourth-order valence-electron chi connectivity index (χ4n) is 4.89. The Labute approximate surface area is 216 Å². The highest BCUT2D eigenvalue weighted by Crippen LogP contribution is 2.43. The number of fused-ring (bicyclic) bond motifs is 5. The van der Waals surface area contributed by atoms with Crippen LogP contribution in [0, 0.1) is 5.41 Å². The Morgan fingerprint density at radius 3 is 2.62 bits per heavy atom. The normalized spacial score (nSPS) is 14.8. The van der Waals surface area contributed by atoms with Crippen LogP contribution < -0.4 is 10.2 Å². The molecule has 1 aliphatic rings. The summed E-state index contributed by atoms with van der Waals surface area (Å²) in [6.07, 6.45) is 5.46. The lowest BCUT2D eigenvalue weighted by molar-refractivity contribution is -0.143. The summed E-state index contributed by atoms with van der Waals surface area (Å²) in [5, 5.41) is 15.3. The lowest BCUT2D eigenvalue weighted by Crippen LogP contribution is -2.35. The van der Waals surface area contributed by atoms with Gasteiger partial charge in [-0.25, -0.2) is 4.79 Å². The molecule has 1 aromatic carbocycles. The zero-order chi connectivity index (χ0) is 26.7. The third-order valence-corrected chi connectivity index (χ3v) is 6.81. The Balaban J connectivity index is 1.57. The van der Waals surface area contributed by atoms with Crippen molar-refractivity contribution in [3.8, 4) is 17.1 Å². The van der Waals surface area contributed by atoms with E-state index < -0.39 is 11.4 Å². The first-order valence-corrected chi connectivity index (χ1v) is 12.9. The van der Waals surface area contributed by atoms with Gasteiger partial charge in [-0.1, -0.05) is 45.7 Å². The van der Waals surface area contributed by atoms with E-state index in [1.807, 2.05) is 34.4 Å². The molecule has 37 heavy (non-hydrogen) atoms. The number of carboxylic acid groups (broad SMARTS) is 1. The van der Waals surface area contributed by atoms with E-state index in [4.69, 9.17) is 14.6 Å². The standard InChI is InChI=1S/C28H35N3O6/c1-5-36-24(33)13-8-6-7-9-14-37-22-12-10-11-18-25(22)29-31-17-23(28(2,3)4)30-16-19(27(34)35)21(32)15-20(30)26(18)31/h10-12,15-16,23H,5-9,13-14,17H2,1-4H3,(H,34,35)/t23-/m0/s1. The van der Waals surface area contributed by atoms with Gasteiger partial charge in [0.25, 0.3) is 0 Å². The summed E-state index contributed by atoms with van der Waals surface area (Å²) in [4.78, 5) is 35.8. The molecule has 0 fully saturated rings. The molecule has 4 rings (SSSR count). The molecular weight excluding hydrogens is 474 g/mol. The van der Waals surface area contributed by atoms with Gasteiger partial charge in [0.2, 0.25) is 0 Å². The topological polar surface area (TPSA) is 113 Å². The number of carboxylic acids is 1. The number of hydrogen-bond acceptors (Lipinski definition) is 6. The number of carbonyl (C=O) groups excluding carboxylic acids is 1. The summed E-state index contributed by atoms with van der Waals surface area (Å²) in [6, 6.07) is 7.07. The first-order valence-electron chi connectivity index (χ1n) is 12.9. The second-order valence-corrected chi connectivity index (χ2v) is 10.5. The highest BCUT2D eigenvalue weighted by Gasteiger charge is 2.35. The van der Waals surface area contributed by atoms with Crippen LogP contribution >= 0.6 is 0 Å². The van der Waals surface area contributed by atoms with Crippen molar-refractivity contribution in [2.45, 2.75) is 72.4 Å². The number of esters is 1. The number of nitrogens with zero attached hydrogens (tertiary/aromatic N) is 3. The minimum Gasteiger partial charge on any atom is -0.491 e. The van der Waals surface area contributed by atoms with Crippen LogP contribution in [0.15, 0.2) is 35.3 Å². The lowest BCUT2D eigenvalue weighted by atomic mass is 9.85. The van der Waals surface area contributed by atoms with Gasteiger partial charge in [-0.3, -0.25) is 14.3 Å². The first-order chi connectivity index (χ1) is 17.6. The maximum Gasteiger partial charge on any atom is 0.341 e. The van der Waals surface area contributed by atoms with Crippen LogP contribution in [-0.2, 0) is 16.1 Å². The molecule has 9 heteroatoms. The van der Waals surface area contributed by atoms with Crippen molar-refractivity contribution >= 4 is 22.8 Å². The molecule has 0 spiro atoms. The second kappa shape index (κ2) is 10.8. The number of benzene rings is 1. The third kappa shape index (κ3) is 5.55. The van der Waals surface area contributed by atoms with Crippen LogP contribution in [0.2, 0.25) is 0 Å². The van der Waals surface area contributed by atoms with Crippen molar-refractivity contribution in [3.05, 3.63) is 46.2 Å². The minimum atomic E-state index is -1.23. The van der Waals surface area contributed by atoms with Gasteiger partial charge in [-0.05, 0) is 31.2 Å². The molecule has 0 saturated carbocycles. The molecule has 0 radical (unpaired) electrons. The van der Waals surface area contributed by atoms with Gasteiger partial charge < -0.3 is 19.1 Å². The SMILES string of the molecule is CCOC(=O)CCCCCCOc1cccc2c3n(nc12)C[C@@H](C(C)(C)C)n1cc(C(=O)O)c(=O)cc1-3. The van der Waals surface area contributed by atoms with Gasteiger partial charge in [0.05, 0.1) is 37.2 Å². The van der Waals surface area contributed by atoms with E-state index in [1.54, 1.807) is 0 Å². The number of carbonyl (C=O) groups is 2. The maximum atomic E-state index is 12.7. The Hall–Kier alpha value is -3.62. The van der Waals surface area contributed by atoms with Gasteiger partial charge >= 0.3 is 11.9 Å². The van der Waals surface area contributed by atoms with Gasteiger partial charge in [0.15, 0.2) is 5.43 Å². The molecule has 0 unspecified atom stereocenters. The van der Waals surface area contributed by atoms with Gasteiger partial charge in [0, 0.05) is 24.1 Å². The summed E-state index contributed by atoms with van der Waals surface area (Å²) in [7, 11) is 0. The Morgan fingerprint density at radius 1 is 1.16 bits per heavy atom.